The molecule has 0 aromatic heterocycles. The second-order valence-corrected chi connectivity index (χ2v) is 4.43. The fourth-order valence-corrected chi connectivity index (χ4v) is 1.56. The number of benzene rings is 1. The van der Waals surface area contributed by atoms with Crippen LogP contribution in [0.15, 0.2) is 24.3 Å². The van der Waals surface area contributed by atoms with Crippen LogP contribution in [0.2, 0.25) is 0 Å². The van der Waals surface area contributed by atoms with Crippen LogP contribution in [0.4, 0.5) is 0 Å². The maximum Gasteiger partial charge on any atom is 0.223 e. The summed E-state index contributed by atoms with van der Waals surface area (Å²) in [7, 11) is 0. The Balaban J connectivity index is 1.85. The lowest BCUT2D eigenvalue weighted by atomic mass is 10.1. The monoisotopic (exact) mass is 241 g/mol. The summed E-state index contributed by atoms with van der Waals surface area (Å²) in [5.74, 6) is 6.23. The molecule has 3 nitrogen and oxygen atoms in total. The first-order chi connectivity index (χ1) is 8.66. The van der Waals surface area contributed by atoms with E-state index in [4.69, 9.17) is 0 Å². The molecular formula is C15H15NO2. The first kappa shape index (κ1) is 12.4. The van der Waals surface area contributed by atoms with Crippen molar-refractivity contribution in [1.29, 1.82) is 0 Å². The van der Waals surface area contributed by atoms with E-state index in [0.717, 1.165) is 18.4 Å². The van der Waals surface area contributed by atoms with Crippen molar-refractivity contribution in [2.24, 2.45) is 5.92 Å². The van der Waals surface area contributed by atoms with Crippen molar-refractivity contribution in [1.82, 2.24) is 5.32 Å². The van der Waals surface area contributed by atoms with Gasteiger partial charge in [-0.05, 0) is 31.9 Å². The number of nitrogens with one attached hydrogen (secondary N) is 1. The molecule has 1 saturated carbocycles. The minimum Gasteiger partial charge on any atom is -0.345 e. The fraction of sp³-hybridized carbons (Fsp3) is 0.333. The van der Waals surface area contributed by atoms with Gasteiger partial charge in [-0.2, -0.15) is 0 Å². The van der Waals surface area contributed by atoms with E-state index in [9.17, 15) is 9.59 Å². The Kier molecular flexibility index (Phi) is 3.78. The number of Topliss-reactive ketones (excluding diaryl/α,β-unsaturated/α-hetero) is 1. The summed E-state index contributed by atoms with van der Waals surface area (Å²) in [6, 6.07) is 7.14. The van der Waals surface area contributed by atoms with Gasteiger partial charge >= 0.3 is 0 Å². The molecule has 1 aliphatic carbocycles. The molecule has 1 aliphatic rings. The maximum absolute atomic E-state index is 11.3. The van der Waals surface area contributed by atoms with E-state index in [1.54, 1.807) is 12.1 Å². The van der Waals surface area contributed by atoms with Gasteiger partial charge in [0, 0.05) is 17.0 Å². The van der Waals surface area contributed by atoms with Crippen LogP contribution in [0.25, 0.3) is 0 Å². The highest BCUT2D eigenvalue weighted by Crippen LogP contribution is 2.28. The number of hydrogen-bond donors (Lipinski definition) is 1. The van der Waals surface area contributed by atoms with Crippen LogP contribution in [-0.2, 0) is 4.79 Å². The molecule has 3 heteroatoms. The molecule has 1 fully saturated rings. The minimum atomic E-state index is 0.0474. The normalized spacial score (nSPS) is 13.4. The van der Waals surface area contributed by atoms with Gasteiger partial charge < -0.3 is 5.32 Å². The van der Waals surface area contributed by atoms with E-state index in [0.29, 0.717) is 12.1 Å². The fourth-order valence-electron chi connectivity index (χ4n) is 1.56. The lowest BCUT2D eigenvalue weighted by molar-refractivity contribution is -0.122. The van der Waals surface area contributed by atoms with Crippen LogP contribution < -0.4 is 5.32 Å². The molecule has 0 spiro atoms. The highest BCUT2D eigenvalue weighted by atomic mass is 16.2. The Morgan fingerprint density at radius 1 is 1.28 bits per heavy atom. The molecule has 1 amide bonds. The van der Waals surface area contributed by atoms with E-state index in [1.807, 2.05) is 12.1 Å². The first-order valence-electron chi connectivity index (χ1n) is 6.04. The maximum atomic E-state index is 11.3. The van der Waals surface area contributed by atoms with Gasteiger partial charge in [-0.3, -0.25) is 9.59 Å². The van der Waals surface area contributed by atoms with Gasteiger partial charge in [0.2, 0.25) is 5.91 Å². The third-order valence-electron chi connectivity index (χ3n) is 2.82. The van der Waals surface area contributed by atoms with Crippen molar-refractivity contribution < 1.29 is 9.59 Å². The standard InChI is InChI=1S/C15H15NO2/c1-11(17)13-6-4-12(5-7-13)3-2-10-16-15(18)14-8-9-14/h4-7,14H,8-10H2,1H3,(H,16,18). The summed E-state index contributed by atoms with van der Waals surface area (Å²) >= 11 is 0. The van der Waals surface area contributed by atoms with Crippen LogP contribution >= 0.6 is 0 Å². The lowest BCUT2D eigenvalue weighted by Gasteiger charge is -1.97. The second-order valence-electron chi connectivity index (χ2n) is 4.43. The molecule has 1 N–H and O–H groups in total. The zero-order valence-electron chi connectivity index (χ0n) is 10.3. The molecule has 2 rings (SSSR count). The zero-order valence-corrected chi connectivity index (χ0v) is 10.3. The van der Waals surface area contributed by atoms with Crippen molar-refractivity contribution >= 4 is 11.7 Å². The van der Waals surface area contributed by atoms with Crippen molar-refractivity contribution in [3.05, 3.63) is 35.4 Å². The smallest absolute Gasteiger partial charge is 0.223 e. The summed E-state index contributed by atoms with van der Waals surface area (Å²) in [6.07, 6.45) is 2.01. The van der Waals surface area contributed by atoms with Crippen molar-refractivity contribution in [3.8, 4) is 11.8 Å². The van der Waals surface area contributed by atoms with Gasteiger partial charge in [-0.1, -0.05) is 24.0 Å². The van der Waals surface area contributed by atoms with E-state index in [2.05, 4.69) is 17.2 Å². The summed E-state index contributed by atoms with van der Waals surface area (Å²) < 4.78 is 0. The third-order valence-corrected chi connectivity index (χ3v) is 2.82. The molecule has 18 heavy (non-hydrogen) atoms. The quantitative estimate of drug-likeness (QED) is 0.647. The van der Waals surface area contributed by atoms with Crippen molar-refractivity contribution in [2.75, 3.05) is 6.54 Å². The van der Waals surface area contributed by atoms with Gasteiger partial charge in [0.25, 0.3) is 0 Å². The van der Waals surface area contributed by atoms with Gasteiger partial charge in [-0.25, -0.2) is 0 Å². The Labute approximate surface area is 107 Å². The van der Waals surface area contributed by atoms with E-state index in [-0.39, 0.29) is 17.6 Å². The average Bonchev–Trinajstić information content (AvgIpc) is 3.19. The average molecular weight is 241 g/mol. The molecule has 0 atom stereocenters. The number of carbonyl (C=O) groups excluding carboxylic acids is 2. The molecule has 1 aromatic carbocycles. The molecule has 0 bridgehead atoms. The van der Waals surface area contributed by atoms with Crippen molar-refractivity contribution in [3.63, 3.8) is 0 Å². The Morgan fingerprint density at radius 2 is 1.94 bits per heavy atom. The van der Waals surface area contributed by atoms with Crippen LogP contribution in [0.5, 0.6) is 0 Å². The van der Waals surface area contributed by atoms with Crippen LogP contribution in [0.3, 0.4) is 0 Å². The molecule has 0 radical (unpaired) electrons. The minimum absolute atomic E-state index is 0.0474. The molecule has 0 unspecified atom stereocenters. The van der Waals surface area contributed by atoms with Gasteiger partial charge in [-0.15, -0.1) is 0 Å². The highest BCUT2D eigenvalue weighted by molar-refractivity contribution is 5.94. The summed E-state index contributed by atoms with van der Waals surface area (Å²) in [5.41, 5.74) is 1.53. The number of amides is 1. The highest BCUT2D eigenvalue weighted by Gasteiger charge is 2.28. The molecule has 0 aliphatic heterocycles. The molecule has 1 aromatic rings. The summed E-state index contributed by atoms with van der Waals surface area (Å²) in [4.78, 5) is 22.4. The largest absolute Gasteiger partial charge is 0.345 e. The van der Waals surface area contributed by atoms with Gasteiger partial charge in [0.15, 0.2) is 5.78 Å². The Morgan fingerprint density at radius 3 is 2.50 bits per heavy atom. The Bertz CT molecular complexity index is 516. The molecule has 92 valence electrons. The third kappa shape index (κ3) is 3.46. The van der Waals surface area contributed by atoms with Gasteiger partial charge in [0.05, 0.1) is 6.54 Å². The first-order valence-corrected chi connectivity index (χ1v) is 6.04. The van der Waals surface area contributed by atoms with Crippen molar-refractivity contribution in [2.45, 2.75) is 19.8 Å². The van der Waals surface area contributed by atoms with Crippen LogP contribution in [0, 0.1) is 17.8 Å². The topological polar surface area (TPSA) is 46.2 Å². The number of hydrogen-bond acceptors (Lipinski definition) is 2. The SMILES string of the molecule is CC(=O)c1ccc(C#CCNC(=O)C2CC2)cc1. The molecule has 0 saturated heterocycles. The predicted octanol–water partition coefficient (Wildman–Crippen LogP) is 1.77. The zero-order chi connectivity index (χ0) is 13.0. The van der Waals surface area contributed by atoms with Crippen LogP contribution in [-0.4, -0.2) is 18.2 Å². The van der Waals surface area contributed by atoms with E-state index < -0.39 is 0 Å². The molecule has 0 heterocycles. The van der Waals surface area contributed by atoms with Crippen LogP contribution in [0.1, 0.15) is 35.7 Å². The summed E-state index contributed by atoms with van der Waals surface area (Å²) in [5, 5.41) is 2.78. The van der Waals surface area contributed by atoms with Gasteiger partial charge in [0.1, 0.15) is 0 Å². The second kappa shape index (κ2) is 5.50. The van der Waals surface area contributed by atoms with E-state index >= 15 is 0 Å². The van der Waals surface area contributed by atoms with E-state index in [1.165, 1.54) is 6.92 Å². The summed E-state index contributed by atoms with van der Waals surface area (Å²) in [6.45, 7) is 1.91. The number of carbonyl (C=O) groups is 2. The lowest BCUT2D eigenvalue weighted by Crippen LogP contribution is -2.24. The number of rotatable bonds is 3. The molecular weight excluding hydrogens is 226 g/mol. The predicted molar refractivity (Wildman–Crippen MR) is 69.1 cm³/mol. The Hall–Kier alpha value is -2.08. The number of ketones is 1.